The normalized spacial score (nSPS) is 28.6. The molecule has 8 heteroatoms. The first-order chi connectivity index (χ1) is 20.5. The first-order valence-corrected chi connectivity index (χ1v) is 16.8. The van der Waals surface area contributed by atoms with Crippen LogP contribution >= 0.6 is 11.8 Å². The van der Waals surface area contributed by atoms with E-state index >= 15 is 4.79 Å². The van der Waals surface area contributed by atoms with Gasteiger partial charge in [-0.05, 0) is 63.5 Å². The Morgan fingerprint density at radius 1 is 1.07 bits per heavy atom. The molecule has 242 valence electrons. The van der Waals surface area contributed by atoms with Gasteiger partial charge in [0.1, 0.15) is 6.04 Å². The van der Waals surface area contributed by atoms with Crippen LogP contribution in [-0.4, -0.2) is 79.4 Å². The number of carbonyl (C=O) groups is 3. The summed E-state index contributed by atoms with van der Waals surface area (Å²) >= 11 is 1.67. The molecule has 3 heterocycles. The second-order valence-electron chi connectivity index (χ2n) is 15.3. The fourth-order valence-electron chi connectivity index (χ4n) is 8.53. The van der Waals surface area contributed by atoms with Crippen molar-refractivity contribution in [3.63, 3.8) is 0 Å². The number of nitrogens with zero attached hydrogens (tertiary/aromatic N) is 3. The number of para-hydroxylation sites is 1. The molecule has 0 radical (unpaired) electrons. The molecule has 0 saturated carbocycles. The highest BCUT2D eigenvalue weighted by Gasteiger charge is 2.78. The molecule has 1 N–H and O–H groups in total. The summed E-state index contributed by atoms with van der Waals surface area (Å²) in [4.78, 5) is 49.9. The van der Waals surface area contributed by atoms with Crippen molar-refractivity contribution >= 4 is 35.2 Å². The van der Waals surface area contributed by atoms with Gasteiger partial charge in [0.25, 0.3) is 0 Å². The van der Waals surface area contributed by atoms with E-state index in [1.807, 2.05) is 49.1 Å². The van der Waals surface area contributed by atoms with E-state index in [0.29, 0.717) is 19.5 Å². The molecule has 0 aliphatic carbocycles. The Bertz CT molecular complexity index is 1270. The van der Waals surface area contributed by atoms with Crippen LogP contribution in [0.2, 0.25) is 0 Å². The fraction of sp³-hybridized carbons (Fsp3) is 0.639. The van der Waals surface area contributed by atoms with Crippen molar-refractivity contribution in [2.75, 3.05) is 24.6 Å². The zero-order chi connectivity index (χ0) is 32.8. The number of amides is 3. The summed E-state index contributed by atoms with van der Waals surface area (Å²) in [5, 5.41) is 10.7. The standard InChI is InChI=1S/C36H53N3O4S/c1-11-20-37(25-16-14-13-15-17-25)30(41)27-28-31(42)39(26(22-40)24(3)4)29(36(28)19-18-35(27,10)44-36)32(43)38(21-12-2)34(8,9)23-33(5,6)7/h11-17,24,26-29,40H,1-2,18-23H2,3-10H3/t26-,27-,28-,29?,35+,36?/m0/s1. The largest absolute Gasteiger partial charge is 0.394 e. The highest BCUT2D eigenvalue weighted by Crippen LogP contribution is 2.72. The van der Waals surface area contributed by atoms with E-state index in [1.165, 1.54) is 0 Å². The lowest BCUT2D eigenvalue weighted by molar-refractivity contribution is -0.150. The van der Waals surface area contributed by atoms with E-state index < -0.39 is 39.0 Å². The molecule has 0 aromatic heterocycles. The number of benzene rings is 1. The van der Waals surface area contributed by atoms with E-state index in [2.05, 4.69) is 54.7 Å². The average Bonchev–Trinajstić information content (AvgIpc) is 3.50. The Morgan fingerprint density at radius 3 is 2.20 bits per heavy atom. The molecule has 1 aromatic rings. The summed E-state index contributed by atoms with van der Waals surface area (Å²) in [6.07, 6.45) is 5.61. The molecular formula is C36H53N3O4S. The molecule has 3 saturated heterocycles. The van der Waals surface area contributed by atoms with E-state index in [1.54, 1.807) is 33.7 Å². The second-order valence-corrected chi connectivity index (χ2v) is 17.2. The van der Waals surface area contributed by atoms with Gasteiger partial charge in [-0.2, -0.15) is 0 Å². The van der Waals surface area contributed by atoms with Gasteiger partial charge in [0.15, 0.2) is 0 Å². The van der Waals surface area contributed by atoms with Crippen molar-refractivity contribution in [2.45, 2.75) is 102 Å². The lowest BCUT2D eigenvalue weighted by Gasteiger charge is -2.47. The van der Waals surface area contributed by atoms with Crippen LogP contribution in [-0.2, 0) is 14.4 Å². The van der Waals surface area contributed by atoms with E-state index in [-0.39, 0.29) is 35.7 Å². The van der Waals surface area contributed by atoms with E-state index in [9.17, 15) is 14.7 Å². The minimum atomic E-state index is -0.798. The molecule has 1 aromatic carbocycles. The maximum atomic E-state index is 15.1. The zero-order valence-electron chi connectivity index (χ0n) is 28.0. The van der Waals surface area contributed by atoms with Gasteiger partial charge in [-0.1, -0.05) is 65.0 Å². The van der Waals surface area contributed by atoms with Gasteiger partial charge < -0.3 is 19.8 Å². The van der Waals surface area contributed by atoms with Crippen molar-refractivity contribution < 1.29 is 19.5 Å². The number of likely N-dealkylation sites (tertiary alicyclic amines) is 1. The fourth-order valence-corrected chi connectivity index (χ4v) is 10.9. The van der Waals surface area contributed by atoms with Crippen molar-refractivity contribution in [3.05, 3.63) is 55.6 Å². The summed E-state index contributed by atoms with van der Waals surface area (Å²) in [5.41, 5.74) is 0.195. The molecule has 3 aliphatic rings. The van der Waals surface area contributed by atoms with Crippen molar-refractivity contribution in [2.24, 2.45) is 23.2 Å². The maximum Gasteiger partial charge on any atom is 0.247 e. The van der Waals surface area contributed by atoms with E-state index in [4.69, 9.17) is 0 Å². The smallest absolute Gasteiger partial charge is 0.247 e. The van der Waals surface area contributed by atoms with Gasteiger partial charge in [0.2, 0.25) is 17.7 Å². The van der Waals surface area contributed by atoms with Crippen molar-refractivity contribution in [1.82, 2.24) is 9.80 Å². The number of carbonyl (C=O) groups excluding carboxylic acids is 3. The molecule has 7 nitrogen and oxygen atoms in total. The molecule has 2 unspecified atom stereocenters. The Labute approximate surface area is 269 Å². The highest BCUT2D eigenvalue weighted by molar-refractivity contribution is 8.02. The third-order valence-electron chi connectivity index (χ3n) is 9.95. The van der Waals surface area contributed by atoms with Crippen LogP contribution in [0, 0.1) is 23.2 Å². The van der Waals surface area contributed by atoms with Gasteiger partial charge in [-0.3, -0.25) is 14.4 Å². The number of hydrogen-bond donors (Lipinski definition) is 1. The minimum Gasteiger partial charge on any atom is -0.394 e. The first kappa shape index (κ1) is 34.3. The number of thioether (sulfide) groups is 1. The van der Waals surface area contributed by atoms with Crippen LogP contribution in [0.15, 0.2) is 55.6 Å². The lowest BCUT2D eigenvalue weighted by atomic mass is 9.66. The van der Waals surface area contributed by atoms with Crippen LogP contribution in [0.3, 0.4) is 0 Å². The van der Waals surface area contributed by atoms with Crippen LogP contribution in [0.1, 0.15) is 74.7 Å². The second kappa shape index (κ2) is 12.3. The summed E-state index contributed by atoms with van der Waals surface area (Å²) in [5.74, 6) is -1.79. The number of anilines is 1. The predicted octanol–water partition coefficient (Wildman–Crippen LogP) is 5.93. The summed E-state index contributed by atoms with van der Waals surface area (Å²) < 4.78 is -1.29. The Balaban J connectivity index is 1.87. The molecule has 6 atom stereocenters. The SMILES string of the molecule is C=CCN(C(=O)[C@@H]1[C@H]2C(=O)N([C@@H](CO)C(C)C)C(C(=O)N(CC=C)C(C)(C)CC(C)(C)C)C23CC[C@@]1(C)S3)c1ccccc1. The Kier molecular flexibility index (Phi) is 9.60. The number of rotatable bonds is 12. The van der Waals surface area contributed by atoms with Crippen LogP contribution in [0.4, 0.5) is 5.69 Å². The summed E-state index contributed by atoms with van der Waals surface area (Å²) in [6.45, 7) is 25.0. The molecular weight excluding hydrogens is 570 g/mol. The third-order valence-corrected chi connectivity index (χ3v) is 11.9. The molecule has 2 bridgehead atoms. The maximum absolute atomic E-state index is 15.1. The molecule has 4 rings (SSSR count). The van der Waals surface area contributed by atoms with Crippen LogP contribution < -0.4 is 4.90 Å². The molecule has 3 aliphatic heterocycles. The van der Waals surface area contributed by atoms with Gasteiger partial charge in [-0.25, -0.2) is 0 Å². The Hall–Kier alpha value is -2.58. The highest BCUT2D eigenvalue weighted by atomic mass is 32.2. The number of aliphatic hydroxyl groups is 1. The number of hydrogen-bond acceptors (Lipinski definition) is 5. The predicted molar refractivity (Wildman–Crippen MR) is 180 cm³/mol. The molecule has 3 amide bonds. The average molecular weight is 624 g/mol. The van der Waals surface area contributed by atoms with Crippen molar-refractivity contribution in [1.29, 1.82) is 0 Å². The van der Waals surface area contributed by atoms with E-state index in [0.717, 1.165) is 18.5 Å². The number of fused-ring (bicyclic) bond motifs is 1. The zero-order valence-corrected chi connectivity index (χ0v) is 28.8. The quantitative estimate of drug-likeness (QED) is 0.292. The Morgan fingerprint density at radius 2 is 1.68 bits per heavy atom. The van der Waals surface area contributed by atoms with Gasteiger partial charge >= 0.3 is 0 Å². The van der Waals surface area contributed by atoms with Crippen molar-refractivity contribution in [3.8, 4) is 0 Å². The summed E-state index contributed by atoms with van der Waals surface area (Å²) in [6, 6.07) is 8.17. The molecule has 1 spiro atoms. The van der Waals surface area contributed by atoms with Gasteiger partial charge in [0, 0.05) is 29.1 Å². The first-order valence-electron chi connectivity index (χ1n) is 16.0. The molecule has 3 fully saturated rings. The van der Waals surface area contributed by atoms with Gasteiger partial charge in [-0.15, -0.1) is 24.9 Å². The lowest BCUT2D eigenvalue weighted by Crippen LogP contribution is -2.62. The number of aliphatic hydroxyl groups excluding tert-OH is 1. The monoisotopic (exact) mass is 623 g/mol. The topological polar surface area (TPSA) is 81.2 Å². The molecule has 44 heavy (non-hydrogen) atoms. The van der Waals surface area contributed by atoms with Crippen LogP contribution in [0.5, 0.6) is 0 Å². The minimum absolute atomic E-state index is 0.0433. The van der Waals surface area contributed by atoms with Gasteiger partial charge in [0.05, 0.1) is 29.2 Å². The van der Waals surface area contributed by atoms with Crippen LogP contribution in [0.25, 0.3) is 0 Å². The summed E-state index contributed by atoms with van der Waals surface area (Å²) in [7, 11) is 0. The third kappa shape index (κ3) is 5.77.